The molecule has 0 spiro atoms. The largest absolute Gasteiger partial charge is 0.361 e. The number of hydrogen-bond acceptors (Lipinski definition) is 1. The summed E-state index contributed by atoms with van der Waals surface area (Å²) >= 11 is 0. The van der Waals surface area contributed by atoms with Crippen molar-refractivity contribution in [3.05, 3.63) is 36.0 Å². The smallest absolute Gasteiger partial charge is 0.0551 e. The van der Waals surface area contributed by atoms with Crippen molar-refractivity contribution in [1.29, 1.82) is 0 Å². The van der Waals surface area contributed by atoms with Gasteiger partial charge >= 0.3 is 0 Å². The van der Waals surface area contributed by atoms with Gasteiger partial charge in [0.2, 0.25) is 0 Å². The van der Waals surface area contributed by atoms with Crippen molar-refractivity contribution in [2.75, 3.05) is 6.54 Å². The molecule has 2 nitrogen and oxygen atoms in total. The van der Waals surface area contributed by atoms with E-state index in [0.717, 1.165) is 11.9 Å². The van der Waals surface area contributed by atoms with Gasteiger partial charge in [0.05, 0.1) is 6.54 Å². The molecule has 0 atom stereocenters. The molecule has 2 aromatic rings. The van der Waals surface area contributed by atoms with Crippen LogP contribution in [-0.2, 0) is 6.42 Å². The van der Waals surface area contributed by atoms with Gasteiger partial charge in [-0.05, 0) is 11.6 Å². The molecule has 0 radical (unpaired) electrons. The van der Waals surface area contributed by atoms with Crippen molar-refractivity contribution < 1.29 is 0 Å². The molecule has 1 heterocycles. The first-order valence-electron chi connectivity index (χ1n) is 4.62. The van der Waals surface area contributed by atoms with Crippen LogP contribution in [0.25, 0.3) is 10.9 Å². The van der Waals surface area contributed by atoms with E-state index in [2.05, 4.69) is 29.0 Å². The van der Waals surface area contributed by atoms with Gasteiger partial charge in [-0.25, -0.2) is 0 Å². The Labute approximate surface area is 83.1 Å². The van der Waals surface area contributed by atoms with Crippen LogP contribution < -0.4 is 5.73 Å². The average Bonchev–Trinajstić information content (AvgIpc) is 2.63. The lowest BCUT2D eigenvalue weighted by Gasteiger charge is -1.91. The summed E-state index contributed by atoms with van der Waals surface area (Å²) in [4.78, 5) is 3.22. The quantitative estimate of drug-likeness (QED) is 0.650. The Morgan fingerprint density at radius 2 is 2.07 bits per heavy atom. The molecule has 2 heteroatoms. The Kier molecular flexibility index (Phi) is 2.53. The van der Waals surface area contributed by atoms with Crippen LogP contribution in [0.15, 0.2) is 30.5 Å². The van der Waals surface area contributed by atoms with E-state index in [1.807, 2.05) is 18.3 Å². The van der Waals surface area contributed by atoms with E-state index in [9.17, 15) is 0 Å². The van der Waals surface area contributed by atoms with E-state index < -0.39 is 0 Å². The third kappa shape index (κ3) is 1.63. The molecule has 2 rings (SSSR count). The predicted octanol–water partition coefficient (Wildman–Crippen LogP) is 1.67. The highest BCUT2D eigenvalue weighted by Gasteiger charge is 1.99. The summed E-state index contributed by atoms with van der Waals surface area (Å²) in [6.07, 6.45) is 2.77. The first-order chi connectivity index (χ1) is 6.92. The Morgan fingerprint density at radius 3 is 2.93 bits per heavy atom. The Hall–Kier alpha value is -1.72. The lowest BCUT2D eigenvalue weighted by atomic mass is 10.1. The average molecular weight is 184 g/mol. The van der Waals surface area contributed by atoms with E-state index in [1.54, 1.807) is 0 Å². The van der Waals surface area contributed by atoms with E-state index in [0.29, 0.717) is 6.54 Å². The molecule has 0 amide bonds. The van der Waals surface area contributed by atoms with Crippen LogP contribution in [0.1, 0.15) is 5.56 Å². The molecule has 0 saturated carbocycles. The number of aromatic amines is 1. The molecule has 0 aliphatic heterocycles. The summed E-state index contributed by atoms with van der Waals surface area (Å²) in [6, 6.07) is 8.23. The minimum Gasteiger partial charge on any atom is -0.361 e. The zero-order valence-corrected chi connectivity index (χ0v) is 7.88. The fraction of sp³-hybridized carbons (Fsp3) is 0.167. The molecular weight excluding hydrogens is 172 g/mol. The van der Waals surface area contributed by atoms with Gasteiger partial charge in [0.25, 0.3) is 0 Å². The van der Waals surface area contributed by atoms with Crippen molar-refractivity contribution >= 4 is 10.9 Å². The van der Waals surface area contributed by atoms with Gasteiger partial charge in [-0.15, -0.1) is 0 Å². The first-order valence-corrected chi connectivity index (χ1v) is 4.62. The van der Waals surface area contributed by atoms with Crippen LogP contribution in [0.5, 0.6) is 0 Å². The van der Waals surface area contributed by atoms with E-state index >= 15 is 0 Å². The van der Waals surface area contributed by atoms with Crippen LogP contribution in [0.2, 0.25) is 0 Å². The van der Waals surface area contributed by atoms with Crippen molar-refractivity contribution in [2.45, 2.75) is 6.42 Å². The maximum atomic E-state index is 5.30. The molecule has 0 saturated heterocycles. The number of nitrogens with one attached hydrogen (secondary N) is 1. The third-order valence-electron chi connectivity index (χ3n) is 2.18. The van der Waals surface area contributed by atoms with Crippen LogP contribution in [0.3, 0.4) is 0 Å². The van der Waals surface area contributed by atoms with E-state index in [-0.39, 0.29) is 0 Å². The molecule has 0 aliphatic carbocycles. The standard InChI is InChI=1S/C12H12N2/c13-8-4-3-5-10-9-14-12-7-2-1-6-11(10)12/h1-2,6-7,9,14H,5,8,13H2. The van der Waals surface area contributed by atoms with E-state index in [1.165, 1.54) is 10.9 Å². The number of para-hydroxylation sites is 1. The second kappa shape index (κ2) is 3.99. The zero-order valence-electron chi connectivity index (χ0n) is 7.88. The zero-order chi connectivity index (χ0) is 9.80. The fourth-order valence-electron chi connectivity index (χ4n) is 1.51. The Bertz CT molecular complexity index is 485. The van der Waals surface area contributed by atoms with Crippen molar-refractivity contribution in [2.24, 2.45) is 5.73 Å². The van der Waals surface area contributed by atoms with Gasteiger partial charge < -0.3 is 10.7 Å². The summed E-state index contributed by atoms with van der Waals surface area (Å²) < 4.78 is 0. The lowest BCUT2D eigenvalue weighted by molar-refractivity contribution is 1.28. The highest BCUT2D eigenvalue weighted by molar-refractivity contribution is 5.83. The van der Waals surface area contributed by atoms with Gasteiger partial charge in [0.15, 0.2) is 0 Å². The number of benzene rings is 1. The third-order valence-corrected chi connectivity index (χ3v) is 2.18. The maximum Gasteiger partial charge on any atom is 0.0551 e. The number of aromatic nitrogens is 1. The molecule has 1 aromatic carbocycles. The minimum absolute atomic E-state index is 0.433. The van der Waals surface area contributed by atoms with Crippen LogP contribution in [-0.4, -0.2) is 11.5 Å². The van der Waals surface area contributed by atoms with Crippen LogP contribution in [0, 0.1) is 11.8 Å². The van der Waals surface area contributed by atoms with Gasteiger partial charge in [-0.3, -0.25) is 0 Å². The van der Waals surface area contributed by atoms with E-state index in [4.69, 9.17) is 5.73 Å². The first kappa shape index (κ1) is 8.86. The SMILES string of the molecule is NCC#CCc1c[nH]c2ccccc12. The van der Waals surface area contributed by atoms with Gasteiger partial charge in [-0.1, -0.05) is 30.0 Å². The summed E-state index contributed by atoms with van der Waals surface area (Å²) in [6.45, 7) is 0.433. The van der Waals surface area contributed by atoms with Gasteiger partial charge in [0, 0.05) is 23.5 Å². The Balaban J connectivity index is 2.34. The number of hydrogen-bond donors (Lipinski definition) is 2. The number of fused-ring (bicyclic) bond motifs is 1. The topological polar surface area (TPSA) is 41.8 Å². The summed E-state index contributed by atoms with van der Waals surface area (Å²) in [5.41, 5.74) is 7.70. The number of rotatable bonds is 1. The second-order valence-electron chi connectivity index (χ2n) is 3.09. The van der Waals surface area contributed by atoms with Crippen LogP contribution >= 0.6 is 0 Å². The molecule has 0 fully saturated rings. The van der Waals surface area contributed by atoms with Crippen LogP contribution in [0.4, 0.5) is 0 Å². The summed E-state index contributed by atoms with van der Waals surface area (Å²) in [7, 11) is 0. The highest BCUT2D eigenvalue weighted by Crippen LogP contribution is 2.17. The summed E-state index contributed by atoms with van der Waals surface area (Å²) in [5.74, 6) is 5.90. The highest BCUT2D eigenvalue weighted by atomic mass is 14.7. The number of H-pyrrole nitrogens is 1. The fourth-order valence-corrected chi connectivity index (χ4v) is 1.51. The lowest BCUT2D eigenvalue weighted by Crippen LogP contribution is -1.93. The normalized spacial score (nSPS) is 9.79. The molecule has 70 valence electrons. The maximum absolute atomic E-state index is 5.30. The van der Waals surface area contributed by atoms with Crippen molar-refractivity contribution in [1.82, 2.24) is 4.98 Å². The van der Waals surface area contributed by atoms with Crippen molar-refractivity contribution in [3.63, 3.8) is 0 Å². The molecule has 0 unspecified atom stereocenters. The molecule has 0 bridgehead atoms. The molecular formula is C12H12N2. The predicted molar refractivity (Wildman–Crippen MR) is 58.8 cm³/mol. The molecule has 14 heavy (non-hydrogen) atoms. The van der Waals surface area contributed by atoms with Gasteiger partial charge in [0.1, 0.15) is 0 Å². The second-order valence-corrected chi connectivity index (χ2v) is 3.09. The minimum atomic E-state index is 0.433. The van der Waals surface area contributed by atoms with Crippen molar-refractivity contribution in [3.8, 4) is 11.8 Å². The molecule has 0 aliphatic rings. The Morgan fingerprint density at radius 1 is 1.21 bits per heavy atom. The summed E-state index contributed by atoms with van der Waals surface area (Å²) in [5, 5.41) is 1.25. The monoisotopic (exact) mass is 184 g/mol. The molecule has 3 N–H and O–H groups in total. The molecule has 1 aromatic heterocycles. The number of nitrogens with two attached hydrogens (primary N) is 1. The van der Waals surface area contributed by atoms with Gasteiger partial charge in [-0.2, -0.15) is 0 Å².